The zero-order chi connectivity index (χ0) is 20.3. The van der Waals surface area contributed by atoms with Gasteiger partial charge in [0, 0.05) is 13.5 Å². The number of benzene rings is 1. The van der Waals surface area contributed by atoms with Crippen molar-refractivity contribution in [3.63, 3.8) is 0 Å². The fourth-order valence-corrected chi connectivity index (χ4v) is 2.70. The number of para-hydroxylation sites is 1. The number of aromatic carboxylic acids is 1. The molecule has 2 unspecified atom stereocenters. The number of aromatic hydroxyl groups is 1. The number of anilines is 1. The predicted molar refractivity (Wildman–Crippen MR) is 99.9 cm³/mol. The Balaban J connectivity index is 1.68. The molecule has 1 aliphatic rings. The van der Waals surface area contributed by atoms with E-state index in [1.54, 1.807) is 18.2 Å². The molecule has 28 heavy (non-hydrogen) atoms. The topological polar surface area (TPSA) is 150 Å². The number of nitrogens with zero attached hydrogens (tertiary/aromatic N) is 3. The minimum absolute atomic E-state index is 0.00282. The summed E-state index contributed by atoms with van der Waals surface area (Å²) in [5.41, 5.74) is 9.34. The van der Waals surface area contributed by atoms with Crippen LogP contribution in [-0.4, -0.2) is 52.2 Å². The SMILES string of the molecule is CN(C(=O)C(N)CC1N=C(c2ccc(O)cn2)NO1)c1ccccc1C(=O)O. The molecular formula is C18H19N5O5. The second kappa shape index (κ2) is 8.03. The molecule has 0 saturated heterocycles. The quantitative estimate of drug-likeness (QED) is 0.560. The Morgan fingerprint density at radius 1 is 1.32 bits per heavy atom. The van der Waals surface area contributed by atoms with Crippen LogP contribution in [0.2, 0.25) is 0 Å². The van der Waals surface area contributed by atoms with Crippen LogP contribution >= 0.6 is 0 Å². The summed E-state index contributed by atoms with van der Waals surface area (Å²) >= 11 is 0. The number of aliphatic imine (C=N–C) groups is 1. The van der Waals surface area contributed by atoms with E-state index >= 15 is 0 Å². The zero-order valence-electron chi connectivity index (χ0n) is 14.9. The minimum atomic E-state index is -1.14. The number of carboxylic acids is 1. The summed E-state index contributed by atoms with van der Waals surface area (Å²) in [4.78, 5) is 38.8. The molecular weight excluding hydrogens is 366 g/mol. The second-order valence-electron chi connectivity index (χ2n) is 6.12. The summed E-state index contributed by atoms with van der Waals surface area (Å²) in [7, 11) is 1.47. The fourth-order valence-electron chi connectivity index (χ4n) is 2.70. The van der Waals surface area contributed by atoms with Gasteiger partial charge in [-0.25, -0.2) is 25.1 Å². The number of rotatable bonds is 6. The van der Waals surface area contributed by atoms with Gasteiger partial charge in [-0.3, -0.25) is 4.79 Å². The normalized spacial score (nSPS) is 16.8. The van der Waals surface area contributed by atoms with Gasteiger partial charge >= 0.3 is 5.97 Å². The number of hydrogen-bond acceptors (Lipinski definition) is 8. The van der Waals surface area contributed by atoms with Crippen LogP contribution in [0.1, 0.15) is 22.5 Å². The highest BCUT2D eigenvalue weighted by molar-refractivity contribution is 6.03. The van der Waals surface area contributed by atoms with Crippen LogP contribution in [-0.2, 0) is 9.63 Å². The maximum absolute atomic E-state index is 12.6. The van der Waals surface area contributed by atoms with Crippen molar-refractivity contribution in [1.82, 2.24) is 10.5 Å². The molecule has 1 aromatic heterocycles. The number of likely N-dealkylation sites (N-methyl/N-ethyl adjacent to an activating group) is 1. The lowest BCUT2D eigenvalue weighted by atomic mass is 10.1. The minimum Gasteiger partial charge on any atom is -0.506 e. The molecule has 2 atom stereocenters. The number of pyridine rings is 1. The number of nitrogens with one attached hydrogen (secondary N) is 1. The smallest absolute Gasteiger partial charge is 0.337 e. The van der Waals surface area contributed by atoms with Crippen molar-refractivity contribution < 1.29 is 24.6 Å². The third kappa shape index (κ3) is 4.08. The van der Waals surface area contributed by atoms with Crippen LogP contribution in [0.3, 0.4) is 0 Å². The number of amidine groups is 1. The van der Waals surface area contributed by atoms with E-state index in [1.165, 1.54) is 36.3 Å². The van der Waals surface area contributed by atoms with Crippen LogP contribution in [0, 0.1) is 0 Å². The number of hydroxylamine groups is 1. The third-order valence-electron chi connectivity index (χ3n) is 4.15. The zero-order valence-corrected chi connectivity index (χ0v) is 14.9. The Morgan fingerprint density at radius 3 is 2.75 bits per heavy atom. The van der Waals surface area contributed by atoms with E-state index in [4.69, 9.17) is 10.6 Å². The highest BCUT2D eigenvalue weighted by Crippen LogP contribution is 2.21. The average Bonchev–Trinajstić information content (AvgIpc) is 3.15. The molecule has 0 spiro atoms. The Morgan fingerprint density at radius 2 is 2.07 bits per heavy atom. The molecule has 0 bridgehead atoms. The molecule has 146 valence electrons. The second-order valence-corrected chi connectivity index (χ2v) is 6.12. The predicted octanol–water partition coefficient (Wildman–Crippen LogP) is 0.473. The number of nitrogens with two attached hydrogens (primary N) is 1. The number of carbonyl (C=O) groups excluding carboxylic acids is 1. The van der Waals surface area contributed by atoms with Crippen molar-refractivity contribution in [2.24, 2.45) is 10.7 Å². The van der Waals surface area contributed by atoms with E-state index in [9.17, 15) is 19.8 Å². The van der Waals surface area contributed by atoms with Gasteiger partial charge in [-0.15, -0.1) is 0 Å². The van der Waals surface area contributed by atoms with E-state index in [0.29, 0.717) is 11.5 Å². The molecule has 1 amide bonds. The molecule has 0 aliphatic carbocycles. The largest absolute Gasteiger partial charge is 0.506 e. The Kier molecular flexibility index (Phi) is 5.52. The molecule has 1 aromatic carbocycles. The van der Waals surface area contributed by atoms with Crippen LogP contribution in [0.25, 0.3) is 0 Å². The van der Waals surface area contributed by atoms with Gasteiger partial charge < -0.3 is 20.8 Å². The summed E-state index contributed by atoms with van der Waals surface area (Å²) in [6, 6.07) is 8.24. The first-order valence-corrected chi connectivity index (χ1v) is 8.37. The molecule has 5 N–H and O–H groups in total. The Bertz CT molecular complexity index is 915. The van der Waals surface area contributed by atoms with Gasteiger partial charge in [-0.05, 0) is 24.3 Å². The Hall–Kier alpha value is -3.50. The average molecular weight is 385 g/mol. The van der Waals surface area contributed by atoms with E-state index in [-0.39, 0.29) is 23.4 Å². The number of hydrogen-bond donors (Lipinski definition) is 4. The van der Waals surface area contributed by atoms with E-state index in [2.05, 4.69) is 15.5 Å². The van der Waals surface area contributed by atoms with Gasteiger partial charge in [-0.1, -0.05) is 12.1 Å². The van der Waals surface area contributed by atoms with E-state index < -0.39 is 24.1 Å². The monoisotopic (exact) mass is 385 g/mol. The van der Waals surface area contributed by atoms with Crippen molar-refractivity contribution in [3.05, 3.63) is 53.9 Å². The van der Waals surface area contributed by atoms with Gasteiger partial charge in [0.15, 0.2) is 12.1 Å². The number of aromatic nitrogens is 1. The van der Waals surface area contributed by atoms with Crippen molar-refractivity contribution >= 4 is 23.4 Å². The fraction of sp³-hybridized carbons (Fsp3) is 0.222. The molecule has 10 heteroatoms. The van der Waals surface area contributed by atoms with Crippen molar-refractivity contribution in [2.45, 2.75) is 18.7 Å². The van der Waals surface area contributed by atoms with E-state index in [1.807, 2.05) is 0 Å². The van der Waals surface area contributed by atoms with Crippen molar-refractivity contribution in [1.29, 1.82) is 0 Å². The number of carboxylic acid groups (broad SMARTS) is 1. The lowest BCUT2D eigenvalue weighted by Gasteiger charge is -2.23. The molecule has 1 aliphatic heterocycles. The number of carbonyl (C=O) groups is 2. The first-order valence-electron chi connectivity index (χ1n) is 8.37. The van der Waals surface area contributed by atoms with Gasteiger partial charge in [0.2, 0.25) is 5.91 Å². The summed E-state index contributed by atoms with van der Waals surface area (Å²) in [5.74, 6) is -1.22. The first kappa shape index (κ1) is 19.3. The highest BCUT2D eigenvalue weighted by atomic mass is 16.7. The summed E-state index contributed by atoms with van der Waals surface area (Å²) in [6.07, 6.45) is 0.636. The van der Waals surface area contributed by atoms with Crippen LogP contribution in [0.5, 0.6) is 5.75 Å². The van der Waals surface area contributed by atoms with Gasteiger partial charge in [-0.2, -0.15) is 0 Å². The summed E-state index contributed by atoms with van der Waals surface area (Å²) < 4.78 is 0. The lowest BCUT2D eigenvalue weighted by Crippen LogP contribution is -2.44. The molecule has 0 radical (unpaired) electrons. The van der Waals surface area contributed by atoms with Crippen LogP contribution in [0.15, 0.2) is 47.6 Å². The highest BCUT2D eigenvalue weighted by Gasteiger charge is 2.28. The number of amides is 1. The summed E-state index contributed by atoms with van der Waals surface area (Å²) in [6.45, 7) is 0. The van der Waals surface area contributed by atoms with Crippen molar-refractivity contribution in [2.75, 3.05) is 11.9 Å². The molecule has 2 aromatic rings. The van der Waals surface area contributed by atoms with Crippen LogP contribution < -0.4 is 16.1 Å². The van der Waals surface area contributed by atoms with Gasteiger partial charge in [0.1, 0.15) is 11.4 Å². The standard InChI is InChI=1S/C18H19N5O5/c1-23(14-5-3-2-4-11(14)18(26)27)17(25)12(19)8-15-21-16(22-28-15)13-7-6-10(24)9-20-13/h2-7,9,12,15,24H,8,19H2,1H3,(H,21,22)(H,26,27). The molecule has 3 rings (SSSR count). The molecule has 10 nitrogen and oxygen atoms in total. The van der Waals surface area contributed by atoms with Crippen LogP contribution in [0.4, 0.5) is 5.69 Å². The molecule has 0 fully saturated rings. The van der Waals surface area contributed by atoms with Gasteiger partial charge in [0.05, 0.1) is 23.5 Å². The van der Waals surface area contributed by atoms with Crippen molar-refractivity contribution in [3.8, 4) is 5.75 Å². The maximum Gasteiger partial charge on any atom is 0.337 e. The van der Waals surface area contributed by atoms with Gasteiger partial charge in [0.25, 0.3) is 0 Å². The molecule has 0 saturated carbocycles. The first-order chi connectivity index (χ1) is 13.4. The lowest BCUT2D eigenvalue weighted by molar-refractivity contribution is -0.120. The third-order valence-corrected chi connectivity index (χ3v) is 4.15. The molecule has 2 heterocycles. The Labute approximate surface area is 160 Å². The maximum atomic E-state index is 12.6. The van der Waals surface area contributed by atoms with E-state index in [0.717, 1.165) is 0 Å². The summed E-state index contributed by atoms with van der Waals surface area (Å²) in [5, 5.41) is 18.6.